The SMILES string of the molecule is CCC(O)CNS(=O)(=O)c1cn(C)c(C)n1. The second kappa shape index (κ2) is 4.94. The third kappa shape index (κ3) is 3.03. The van der Waals surface area contributed by atoms with E-state index in [9.17, 15) is 13.5 Å². The summed E-state index contributed by atoms with van der Waals surface area (Å²) in [5.41, 5.74) is 0. The number of aliphatic hydroxyl groups excluding tert-OH is 1. The zero-order chi connectivity index (χ0) is 12.3. The summed E-state index contributed by atoms with van der Waals surface area (Å²) in [5.74, 6) is 0.622. The average molecular weight is 247 g/mol. The standard InChI is InChI=1S/C9H17N3O3S/c1-4-8(13)5-10-16(14,15)9-6-12(3)7(2)11-9/h6,8,10,13H,4-5H2,1-3H3. The van der Waals surface area contributed by atoms with Crippen LogP contribution in [0, 0.1) is 6.92 Å². The minimum atomic E-state index is -3.61. The summed E-state index contributed by atoms with van der Waals surface area (Å²) in [7, 11) is -1.88. The first kappa shape index (κ1) is 13.1. The molecule has 0 aromatic carbocycles. The lowest BCUT2D eigenvalue weighted by Crippen LogP contribution is -2.32. The molecule has 92 valence electrons. The molecule has 1 aromatic heterocycles. The average Bonchev–Trinajstić information content (AvgIpc) is 2.56. The van der Waals surface area contributed by atoms with Crippen LogP contribution in [0.25, 0.3) is 0 Å². The number of hydrogen-bond acceptors (Lipinski definition) is 4. The fourth-order valence-corrected chi connectivity index (χ4v) is 2.19. The molecule has 0 aliphatic rings. The summed E-state index contributed by atoms with van der Waals surface area (Å²) in [5, 5.41) is 9.26. The lowest BCUT2D eigenvalue weighted by Gasteiger charge is -2.08. The van der Waals surface area contributed by atoms with Gasteiger partial charge in [0.05, 0.1) is 6.10 Å². The van der Waals surface area contributed by atoms with Crippen LogP contribution in [-0.4, -0.2) is 35.7 Å². The van der Waals surface area contributed by atoms with Gasteiger partial charge >= 0.3 is 0 Å². The highest BCUT2D eigenvalue weighted by Gasteiger charge is 2.18. The number of aromatic nitrogens is 2. The van der Waals surface area contributed by atoms with Crippen LogP contribution in [0.5, 0.6) is 0 Å². The van der Waals surface area contributed by atoms with Gasteiger partial charge in [0.15, 0.2) is 5.03 Å². The number of nitrogens with zero attached hydrogens (tertiary/aromatic N) is 2. The molecule has 0 fully saturated rings. The molecule has 1 heterocycles. The van der Waals surface area contributed by atoms with Gasteiger partial charge in [0.2, 0.25) is 0 Å². The zero-order valence-electron chi connectivity index (χ0n) is 9.64. The molecular formula is C9H17N3O3S. The fraction of sp³-hybridized carbons (Fsp3) is 0.667. The molecule has 0 radical (unpaired) electrons. The van der Waals surface area contributed by atoms with Crippen LogP contribution in [0.15, 0.2) is 11.2 Å². The summed E-state index contributed by atoms with van der Waals surface area (Å²) >= 11 is 0. The Morgan fingerprint density at radius 2 is 2.25 bits per heavy atom. The van der Waals surface area contributed by atoms with Crippen molar-refractivity contribution in [2.45, 2.75) is 31.4 Å². The Morgan fingerprint density at radius 3 is 2.69 bits per heavy atom. The van der Waals surface area contributed by atoms with Crippen LogP contribution in [0.4, 0.5) is 0 Å². The second-order valence-electron chi connectivity index (χ2n) is 3.65. The van der Waals surface area contributed by atoms with Crippen molar-refractivity contribution >= 4 is 10.0 Å². The molecule has 1 aromatic rings. The Morgan fingerprint density at radius 1 is 1.62 bits per heavy atom. The van der Waals surface area contributed by atoms with Crippen molar-refractivity contribution < 1.29 is 13.5 Å². The van der Waals surface area contributed by atoms with Crippen LogP contribution in [0.3, 0.4) is 0 Å². The topological polar surface area (TPSA) is 84.2 Å². The van der Waals surface area contributed by atoms with Crippen molar-refractivity contribution in [3.05, 3.63) is 12.0 Å². The van der Waals surface area contributed by atoms with E-state index in [2.05, 4.69) is 9.71 Å². The second-order valence-corrected chi connectivity index (χ2v) is 5.37. The van der Waals surface area contributed by atoms with Crippen LogP contribution >= 0.6 is 0 Å². The Hall–Kier alpha value is -0.920. The molecule has 0 aliphatic heterocycles. The van der Waals surface area contributed by atoms with Gasteiger partial charge in [-0.3, -0.25) is 0 Å². The highest BCUT2D eigenvalue weighted by molar-refractivity contribution is 7.89. The van der Waals surface area contributed by atoms with Crippen LogP contribution < -0.4 is 4.72 Å². The summed E-state index contributed by atoms with van der Waals surface area (Å²) in [4.78, 5) is 3.92. The van der Waals surface area contributed by atoms with Crippen LogP contribution in [-0.2, 0) is 17.1 Å². The molecule has 1 unspecified atom stereocenters. The predicted octanol–water partition coefficient (Wildman–Crippen LogP) is -0.222. The Bertz CT molecular complexity index is 433. The molecule has 1 atom stereocenters. The van der Waals surface area contributed by atoms with Gasteiger partial charge in [0.1, 0.15) is 5.82 Å². The fourth-order valence-electron chi connectivity index (χ4n) is 1.08. The number of sulfonamides is 1. The first-order chi connectivity index (χ1) is 7.36. The Kier molecular flexibility index (Phi) is 4.06. The predicted molar refractivity (Wildman–Crippen MR) is 59.4 cm³/mol. The first-order valence-electron chi connectivity index (χ1n) is 5.04. The summed E-state index contributed by atoms with van der Waals surface area (Å²) in [6.45, 7) is 3.51. The molecule has 1 rings (SSSR count). The minimum absolute atomic E-state index is 0.00839. The van der Waals surface area contributed by atoms with E-state index in [0.29, 0.717) is 12.2 Å². The molecule has 0 bridgehead atoms. The number of nitrogens with one attached hydrogen (secondary N) is 1. The van der Waals surface area contributed by atoms with Gasteiger partial charge in [-0.25, -0.2) is 18.1 Å². The van der Waals surface area contributed by atoms with Gasteiger partial charge in [-0.05, 0) is 13.3 Å². The zero-order valence-corrected chi connectivity index (χ0v) is 10.5. The molecule has 0 aliphatic carbocycles. The van der Waals surface area contributed by atoms with Gasteiger partial charge in [-0.15, -0.1) is 0 Å². The molecular weight excluding hydrogens is 230 g/mol. The Balaban J connectivity index is 2.78. The van der Waals surface area contributed by atoms with E-state index >= 15 is 0 Å². The number of imidazole rings is 1. The maximum Gasteiger partial charge on any atom is 0.259 e. The molecule has 0 amide bonds. The third-order valence-electron chi connectivity index (χ3n) is 2.34. The lowest BCUT2D eigenvalue weighted by molar-refractivity contribution is 0.174. The molecule has 0 saturated carbocycles. The van der Waals surface area contributed by atoms with Gasteiger partial charge in [0, 0.05) is 19.8 Å². The van der Waals surface area contributed by atoms with Crippen molar-refractivity contribution in [1.82, 2.24) is 14.3 Å². The first-order valence-corrected chi connectivity index (χ1v) is 6.53. The van der Waals surface area contributed by atoms with Crippen molar-refractivity contribution in [2.24, 2.45) is 7.05 Å². The molecule has 7 heteroatoms. The maximum absolute atomic E-state index is 11.7. The number of hydrogen-bond donors (Lipinski definition) is 2. The molecule has 0 saturated heterocycles. The number of rotatable bonds is 5. The summed E-state index contributed by atoms with van der Waals surface area (Å²) in [6.07, 6.45) is 1.28. The van der Waals surface area contributed by atoms with Gasteiger partial charge in [-0.1, -0.05) is 6.92 Å². The van der Waals surface area contributed by atoms with E-state index < -0.39 is 16.1 Å². The van der Waals surface area contributed by atoms with E-state index in [1.165, 1.54) is 6.20 Å². The van der Waals surface area contributed by atoms with Crippen molar-refractivity contribution in [3.8, 4) is 0 Å². The van der Waals surface area contributed by atoms with Gasteiger partial charge in [0.25, 0.3) is 10.0 Å². The number of aliphatic hydroxyl groups is 1. The van der Waals surface area contributed by atoms with Crippen LogP contribution in [0.1, 0.15) is 19.2 Å². The molecule has 2 N–H and O–H groups in total. The Labute approximate surface area is 95.4 Å². The third-order valence-corrected chi connectivity index (χ3v) is 3.64. The highest BCUT2D eigenvalue weighted by Crippen LogP contribution is 2.07. The van der Waals surface area contributed by atoms with E-state index in [0.717, 1.165) is 0 Å². The van der Waals surface area contributed by atoms with E-state index in [4.69, 9.17) is 0 Å². The van der Waals surface area contributed by atoms with Crippen molar-refractivity contribution in [2.75, 3.05) is 6.54 Å². The van der Waals surface area contributed by atoms with E-state index in [1.54, 1.807) is 25.5 Å². The molecule has 0 spiro atoms. The summed E-state index contributed by atoms with van der Waals surface area (Å²) < 4.78 is 27.4. The van der Waals surface area contributed by atoms with Crippen molar-refractivity contribution in [1.29, 1.82) is 0 Å². The minimum Gasteiger partial charge on any atom is -0.392 e. The number of aryl methyl sites for hydroxylation is 2. The largest absolute Gasteiger partial charge is 0.392 e. The highest BCUT2D eigenvalue weighted by atomic mass is 32.2. The van der Waals surface area contributed by atoms with Crippen LogP contribution in [0.2, 0.25) is 0 Å². The lowest BCUT2D eigenvalue weighted by atomic mass is 10.3. The molecule has 6 nitrogen and oxygen atoms in total. The van der Waals surface area contributed by atoms with Crippen molar-refractivity contribution in [3.63, 3.8) is 0 Å². The monoisotopic (exact) mass is 247 g/mol. The quantitative estimate of drug-likeness (QED) is 0.753. The van der Waals surface area contributed by atoms with Gasteiger partial charge < -0.3 is 9.67 Å². The smallest absolute Gasteiger partial charge is 0.259 e. The van der Waals surface area contributed by atoms with Gasteiger partial charge in [-0.2, -0.15) is 0 Å². The maximum atomic E-state index is 11.7. The summed E-state index contributed by atoms with van der Waals surface area (Å²) in [6, 6.07) is 0. The normalized spacial score (nSPS) is 14.0. The molecule has 16 heavy (non-hydrogen) atoms. The van der Waals surface area contributed by atoms with E-state index in [1.807, 2.05) is 0 Å². The van der Waals surface area contributed by atoms with E-state index in [-0.39, 0.29) is 11.6 Å².